The molecule has 0 spiro atoms. The van der Waals surface area contributed by atoms with Crippen molar-refractivity contribution in [2.45, 2.75) is 57.2 Å². The minimum atomic E-state index is -0.469. The molecule has 6 nitrogen and oxygen atoms in total. The maximum atomic E-state index is 12.4. The number of benzene rings is 1. The summed E-state index contributed by atoms with van der Waals surface area (Å²) in [5, 5.41) is 9.27. The predicted octanol–water partition coefficient (Wildman–Crippen LogP) is 1.81. The van der Waals surface area contributed by atoms with E-state index in [1.165, 1.54) is 6.42 Å². The number of carbonyl (C=O) groups excluding carboxylic acids is 2. The SMILES string of the molecule is CCOc1ccccc1NC(=O)C[C@H]1N[C@@H]2CCCC[C@@H]2NC1=O. The number of amides is 2. The first kappa shape index (κ1) is 16.8. The smallest absolute Gasteiger partial charge is 0.237 e. The lowest BCUT2D eigenvalue weighted by Crippen LogP contribution is -2.65. The Morgan fingerprint density at radius 1 is 1.25 bits per heavy atom. The van der Waals surface area contributed by atoms with E-state index >= 15 is 0 Å². The van der Waals surface area contributed by atoms with Crippen LogP contribution in [0.5, 0.6) is 5.75 Å². The van der Waals surface area contributed by atoms with Crippen molar-refractivity contribution in [1.82, 2.24) is 10.6 Å². The van der Waals surface area contributed by atoms with Gasteiger partial charge >= 0.3 is 0 Å². The van der Waals surface area contributed by atoms with Gasteiger partial charge in [-0.1, -0.05) is 25.0 Å². The molecule has 3 rings (SSSR count). The molecular weight excluding hydrogens is 306 g/mol. The summed E-state index contributed by atoms with van der Waals surface area (Å²) < 4.78 is 5.51. The summed E-state index contributed by atoms with van der Waals surface area (Å²) in [4.78, 5) is 24.6. The van der Waals surface area contributed by atoms with E-state index in [0.29, 0.717) is 18.0 Å². The van der Waals surface area contributed by atoms with Gasteiger partial charge in [0.05, 0.1) is 24.8 Å². The third-order valence-electron chi connectivity index (χ3n) is 4.68. The largest absolute Gasteiger partial charge is 0.492 e. The zero-order valence-corrected chi connectivity index (χ0v) is 14.0. The Labute approximate surface area is 142 Å². The number of nitrogens with one attached hydrogen (secondary N) is 3. The molecule has 1 heterocycles. The minimum Gasteiger partial charge on any atom is -0.492 e. The van der Waals surface area contributed by atoms with Gasteiger partial charge in [0.2, 0.25) is 11.8 Å². The number of para-hydroxylation sites is 2. The molecule has 130 valence electrons. The maximum absolute atomic E-state index is 12.4. The van der Waals surface area contributed by atoms with Gasteiger partial charge in [-0.2, -0.15) is 0 Å². The molecule has 0 aromatic heterocycles. The van der Waals surface area contributed by atoms with Gasteiger partial charge in [-0.3, -0.25) is 9.59 Å². The number of piperazine rings is 1. The third kappa shape index (κ3) is 3.87. The Morgan fingerprint density at radius 2 is 2.00 bits per heavy atom. The second kappa shape index (κ2) is 7.66. The molecule has 0 bridgehead atoms. The normalized spacial score (nSPS) is 26.2. The first-order chi connectivity index (χ1) is 11.7. The second-order valence-corrected chi connectivity index (χ2v) is 6.41. The van der Waals surface area contributed by atoms with E-state index in [-0.39, 0.29) is 30.3 Å². The van der Waals surface area contributed by atoms with Crippen LogP contribution in [0.3, 0.4) is 0 Å². The molecular formula is C18H25N3O3. The molecule has 1 aromatic rings. The second-order valence-electron chi connectivity index (χ2n) is 6.41. The molecule has 2 aliphatic rings. The predicted molar refractivity (Wildman–Crippen MR) is 92.0 cm³/mol. The van der Waals surface area contributed by atoms with E-state index in [2.05, 4.69) is 16.0 Å². The van der Waals surface area contributed by atoms with Crippen LogP contribution in [0.25, 0.3) is 0 Å². The highest BCUT2D eigenvalue weighted by Gasteiger charge is 2.36. The van der Waals surface area contributed by atoms with Gasteiger partial charge in [0.15, 0.2) is 0 Å². The van der Waals surface area contributed by atoms with Crippen LogP contribution < -0.4 is 20.7 Å². The van der Waals surface area contributed by atoms with Gasteiger partial charge in [-0.15, -0.1) is 0 Å². The summed E-state index contributed by atoms with van der Waals surface area (Å²) in [6, 6.07) is 7.35. The number of fused-ring (bicyclic) bond motifs is 1. The zero-order chi connectivity index (χ0) is 16.9. The summed E-state index contributed by atoms with van der Waals surface area (Å²) in [7, 11) is 0. The number of ether oxygens (including phenoxy) is 1. The number of rotatable bonds is 5. The highest BCUT2D eigenvalue weighted by atomic mass is 16.5. The van der Waals surface area contributed by atoms with Crippen molar-refractivity contribution in [1.29, 1.82) is 0 Å². The first-order valence-electron chi connectivity index (χ1n) is 8.75. The summed E-state index contributed by atoms with van der Waals surface area (Å²) in [5.74, 6) is 0.372. The van der Waals surface area contributed by atoms with Crippen LogP contribution in [0.15, 0.2) is 24.3 Å². The van der Waals surface area contributed by atoms with Crippen molar-refractivity contribution in [3.8, 4) is 5.75 Å². The molecule has 1 aromatic carbocycles. The van der Waals surface area contributed by atoms with Crippen molar-refractivity contribution in [2.75, 3.05) is 11.9 Å². The molecule has 1 saturated heterocycles. The average Bonchev–Trinajstić information content (AvgIpc) is 2.57. The molecule has 0 unspecified atom stereocenters. The number of hydrogen-bond donors (Lipinski definition) is 3. The van der Waals surface area contributed by atoms with Crippen molar-refractivity contribution in [3.63, 3.8) is 0 Å². The fraction of sp³-hybridized carbons (Fsp3) is 0.556. The highest BCUT2D eigenvalue weighted by molar-refractivity contribution is 5.96. The van der Waals surface area contributed by atoms with E-state index in [1.807, 2.05) is 25.1 Å². The Kier molecular flexibility index (Phi) is 5.35. The lowest BCUT2D eigenvalue weighted by Gasteiger charge is -2.40. The first-order valence-corrected chi connectivity index (χ1v) is 8.75. The van der Waals surface area contributed by atoms with Gasteiger partial charge < -0.3 is 20.7 Å². The van der Waals surface area contributed by atoms with Crippen molar-refractivity contribution >= 4 is 17.5 Å². The fourth-order valence-corrected chi connectivity index (χ4v) is 3.51. The molecule has 0 radical (unpaired) electrons. The van der Waals surface area contributed by atoms with Gasteiger partial charge in [0, 0.05) is 12.1 Å². The van der Waals surface area contributed by atoms with Crippen LogP contribution in [-0.2, 0) is 9.59 Å². The van der Waals surface area contributed by atoms with E-state index < -0.39 is 6.04 Å². The molecule has 3 atom stereocenters. The quantitative estimate of drug-likeness (QED) is 0.769. The van der Waals surface area contributed by atoms with Gasteiger partial charge in [0.1, 0.15) is 5.75 Å². The lowest BCUT2D eigenvalue weighted by atomic mass is 9.87. The van der Waals surface area contributed by atoms with Crippen molar-refractivity contribution in [3.05, 3.63) is 24.3 Å². The number of hydrogen-bond acceptors (Lipinski definition) is 4. The fourth-order valence-electron chi connectivity index (χ4n) is 3.51. The van der Waals surface area contributed by atoms with Crippen LogP contribution in [0.4, 0.5) is 5.69 Å². The summed E-state index contributed by atoms with van der Waals surface area (Å²) in [6.45, 7) is 2.43. The summed E-state index contributed by atoms with van der Waals surface area (Å²) in [5.41, 5.74) is 0.635. The number of carbonyl (C=O) groups is 2. The van der Waals surface area contributed by atoms with Crippen LogP contribution in [0.2, 0.25) is 0 Å². The monoisotopic (exact) mass is 331 g/mol. The van der Waals surface area contributed by atoms with Crippen LogP contribution in [0.1, 0.15) is 39.0 Å². The average molecular weight is 331 g/mol. The Bertz CT molecular complexity index is 605. The molecule has 1 saturated carbocycles. The Balaban J connectivity index is 1.59. The van der Waals surface area contributed by atoms with Crippen LogP contribution >= 0.6 is 0 Å². The molecule has 2 amide bonds. The third-order valence-corrected chi connectivity index (χ3v) is 4.68. The Hall–Kier alpha value is -2.08. The molecule has 6 heteroatoms. The van der Waals surface area contributed by atoms with Crippen LogP contribution in [-0.4, -0.2) is 36.5 Å². The van der Waals surface area contributed by atoms with E-state index in [0.717, 1.165) is 19.3 Å². The van der Waals surface area contributed by atoms with Gasteiger partial charge in [-0.05, 0) is 31.9 Å². The molecule has 1 aliphatic heterocycles. The van der Waals surface area contributed by atoms with Gasteiger partial charge in [0.25, 0.3) is 0 Å². The summed E-state index contributed by atoms with van der Waals surface area (Å²) >= 11 is 0. The lowest BCUT2D eigenvalue weighted by molar-refractivity contribution is -0.129. The molecule has 24 heavy (non-hydrogen) atoms. The van der Waals surface area contributed by atoms with Gasteiger partial charge in [-0.25, -0.2) is 0 Å². The number of anilines is 1. The van der Waals surface area contributed by atoms with Crippen LogP contribution in [0, 0.1) is 0 Å². The van der Waals surface area contributed by atoms with E-state index in [4.69, 9.17) is 4.74 Å². The van der Waals surface area contributed by atoms with Crippen molar-refractivity contribution < 1.29 is 14.3 Å². The topological polar surface area (TPSA) is 79.5 Å². The maximum Gasteiger partial charge on any atom is 0.237 e. The summed E-state index contributed by atoms with van der Waals surface area (Å²) in [6.07, 6.45) is 4.52. The highest BCUT2D eigenvalue weighted by Crippen LogP contribution is 2.25. The minimum absolute atomic E-state index is 0.0774. The molecule has 1 aliphatic carbocycles. The van der Waals surface area contributed by atoms with E-state index in [1.54, 1.807) is 6.07 Å². The Morgan fingerprint density at radius 3 is 2.79 bits per heavy atom. The van der Waals surface area contributed by atoms with E-state index in [9.17, 15) is 9.59 Å². The molecule has 3 N–H and O–H groups in total. The van der Waals surface area contributed by atoms with Crippen molar-refractivity contribution in [2.24, 2.45) is 0 Å². The molecule has 2 fully saturated rings. The zero-order valence-electron chi connectivity index (χ0n) is 14.0. The standard InChI is InChI=1S/C18H25N3O3/c1-2-24-16-10-6-5-9-14(16)20-17(22)11-15-18(23)21-13-8-4-3-7-12(13)19-15/h5-6,9-10,12-13,15,19H,2-4,7-8,11H2,1H3,(H,20,22)(H,21,23)/t12-,13+,15-/m1/s1.